The number of hydrogen-bond donors (Lipinski definition) is 1. The molecule has 0 radical (unpaired) electrons. The van der Waals surface area contributed by atoms with Gasteiger partial charge in [0, 0.05) is 6.20 Å². The van der Waals surface area contributed by atoms with E-state index in [-0.39, 0.29) is 5.92 Å². The molecule has 1 atom stereocenters. The molecule has 1 aliphatic carbocycles. The third-order valence-electron chi connectivity index (χ3n) is 3.13. The molecule has 2 rings (SSSR count). The van der Waals surface area contributed by atoms with Crippen molar-refractivity contribution < 1.29 is 8.76 Å². The number of pyridine rings is 1. The topological polar surface area (TPSA) is 74.0 Å². The summed E-state index contributed by atoms with van der Waals surface area (Å²) in [5.74, 6) is 0.0902. The maximum absolute atomic E-state index is 11.3. The zero-order valence-electron chi connectivity index (χ0n) is 9.80. The zero-order valence-corrected chi connectivity index (χ0v) is 10.6. The second-order valence-electron chi connectivity index (χ2n) is 4.71. The van der Waals surface area contributed by atoms with Gasteiger partial charge in [-0.15, -0.1) is 0 Å². The van der Waals surface area contributed by atoms with Crippen LogP contribution in [0.3, 0.4) is 0 Å². The maximum atomic E-state index is 11.3. The number of nitriles is 1. The van der Waals surface area contributed by atoms with Gasteiger partial charge in [0.1, 0.15) is 0 Å². The van der Waals surface area contributed by atoms with Crippen molar-refractivity contribution in [2.45, 2.75) is 42.9 Å². The Kier molecular flexibility index (Phi) is 3.02. The highest BCUT2D eigenvalue weighted by Gasteiger charge is 2.45. The van der Waals surface area contributed by atoms with Gasteiger partial charge in [-0.3, -0.25) is 4.98 Å². The lowest BCUT2D eigenvalue weighted by Crippen LogP contribution is -2.08. The van der Waals surface area contributed by atoms with E-state index in [4.69, 9.17) is 5.26 Å². The van der Waals surface area contributed by atoms with E-state index in [0.29, 0.717) is 10.6 Å². The van der Waals surface area contributed by atoms with Crippen molar-refractivity contribution in [1.29, 1.82) is 5.26 Å². The summed E-state index contributed by atoms with van der Waals surface area (Å²) in [5, 5.41) is 9.10. The first-order valence-corrected chi connectivity index (χ1v) is 6.63. The van der Waals surface area contributed by atoms with Crippen LogP contribution in [0, 0.1) is 11.3 Å². The normalized spacial score (nSPS) is 18.8. The van der Waals surface area contributed by atoms with Crippen LogP contribution in [0.4, 0.5) is 0 Å². The molecule has 0 bridgehead atoms. The summed E-state index contributed by atoms with van der Waals surface area (Å²) >= 11 is -2.05. The highest BCUT2D eigenvalue weighted by Crippen LogP contribution is 2.47. The molecule has 0 amide bonds. The van der Waals surface area contributed by atoms with Gasteiger partial charge in [-0.2, -0.15) is 5.26 Å². The smallest absolute Gasteiger partial charge is 0.188 e. The third-order valence-corrected chi connectivity index (χ3v) is 3.84. The summed E-state index contributed by atoms with van der Waals surface area (Å²) < 4.78 is 20.6. The Balaban J connectivity index is 2.51. The minimum Gasteiger partial charge on any atom is -0.302 e. The molecule has 1 aliphatic rings. The van der Waals surface area contributed by atoms with E-state index < -0.39 is 16.5 Å². The summed E-state index contributed by atoms with van der Waals surface area (Å²) in [7, 11) is 0. The van der Waals surface area contributed by atoms with Crippen molar-refractivity contribution in [2.24, 2.45) is 0 Å². The Morgan fingerprint density at radius 3 is 2.65 bits per heavy atom. The standard InChI is InChI=1S/C12H14N2O2S/c1-8(2)11-10(17(15)16)5-9(6-14-11)12(7-13)3-4-12/h5-6,8H,3-4H2,1-2H3,(H,15,16). The molecule has 1 N–H and O–H groups in total. The van der Waals surface area contributed by atoms with Crippen LogP contribution in [0.15, 0.2) is 17.2 Å². The maximum Gasteiger partial charge on any atom is 0.188 e. The van der Waals surface area contributed by atoms with Gasteiger partial charge < -0.3 is 4.55 Å². The van der Waals surface area contributed by atoms with Crippen LogP contribution < -0.4 is 0 Å². The molecule has 0 aromatic carbocycles. The van der Waals surface area contributed by atoms with Gasteiger partial charge in [0.2, 0.25) is 0 Å². The molecule has 0 aliphatic heterocycles. The molecule has 0 saturated heterocycles. The quantitative estimate of drug-likeness (QED) is 0.835. The predicted molar refractivity (Wildman–Crippen MR) is 63.9 cm³/mol. The van der Waals surface area contributed by atoms with Crippen LogP contribution in [-0.4, -0.2) is 13.7 Å². The zero-order chi connectivity index (χ0) is 12.6. The summed E-state index contributed by atoms with van der Waals surface area (Å²) in [6.07, 6.45) is 3.29. The minimum atomic E-state index is -2.05. The van der Waals surface area contributed by atoms with Crippen LogP contribution in [-0.2, 0) is 16.5 Å². The van der Waals surface area contributed by atoms with E-state index in [0.717, 1.165) is 18.4 Å². The second kappa shape index (κ2) is 4.21. The molecule has 1 unspecified atom stereocenters. The van der Waals surface area contributed by atoms with E-state index in [9.17, 15) is 8.76 Å². The molecule has 1 saturated carbocycles. The Morgan fingerprint density at radius 1 is 1.59 bits per heavy atom. The molecule has 1 heterocycles. The van der Waals surface area contributed by atoms with Crippen LogP contribution in [0.1, 0.15) is 43.9 Å². The Morgan fingerprint density at radius 2 is 2.24 bits per heavy atom. The van der Waals surface area contributed by atoms with E-state index in [1.807, 2.05) is 13.8 Å². The fourth-order valence-electron chi connectivity index (χ4n) is 1.88. The highest BCUT2D eigenvalue weighted by atomic mass is 32.2. The molecular formula is C12H14N2O2S. The van der Waals surface area contributed by atoms with Gasteiger partial charge >= 0.3 is 0 Å². The van der Waals surface area contributed by atoms with Gasteiger partial charge in [-0.1, -0.05) is 13.8 Å². The molecule has 4 nitrogen and oxygen atoms in total. The molecule has 1 aromatic heterocycles. The first-order valence-electron chi connectivity index (χ1n) is 5.53. The van der Waals surface area contributed by atoms with Crippen LogP contribution in [0.2, 0.25) is 0 Å². The average Bonchev–Trinajstić information content (AvgIpc) is 3.09. The molecule has 5 heteroatoms. The summed E-state index contributed by atoms with van der Waals surface area (Å²) in [6, 6.07) is 3.92. The predicted octanol–water partition coefficient (Wildman–Crippen LogP) is 2.34. The van der Waals surface area contributed by atoms with Crippen molar-refractivity contribution in [3.05, 3.63) is 23.5 Å². The molecular weight excluding hydrogens is 236 g/mol. The molecule has 90 valence electrons. The molecule has 0 spiro atoms. The van der Waals surface area contributed by atoms with Crippen molar-refractivity contribution in [3.8, 4) is 6.07 Å². The Labute approximate surface area is 103 Å². The summed E-state index contributed by atoms with van der Waals surface area (Å²) in [6.45, 7) is 3.85. The van der Waals surface area contributed by atoms with Gasteiger partial charge in [0.15, 0.2) is 11.1 Å². The largest absolute Gasteiger partial charge is 0.302 e. The van der Waals surface area contributed by atoms with Crippen molar-refractivity contribution in [1.82, 2.24) is 4.98 Å². The van der Waals surface area contributed by atoms with E-state index in [1.165, 1.54) is 0 Å². The van der Waals surface area contributed by atoms with E-state index in [1.54, 1.807) is 12.3 Å². The van der Waals surface area contributed by atoms with Crippen LogP contribution >= 0.6 is 0 Å². The Bertz CT molecular complexity index is 516. The van der Waals surface area contributed by atoms with Crippen molar-refractivity contribution in [3.63, 3.8) is 0 Å². The van der Waals surface area contributed by atoms with Gasteiger partial charge in [-0.25, -0.2) is 4.21 Å². The third kappa shape index (κ3) is 2.11. The van der Waals surface area contributed by atoms with Crippen LogP contribution in [0.25, 0.3) is 0 Å². The Hall–Kier alpha value is -1.25. The molecule has 1 aromatic rings. The number of nitrogens with zero attached hydrogens (tertiary/aromatic N) is 2. The number of rotatable bonds is 3. The molecule has 17 heavy (non-hydrogen) atoms. The van der Waals surface area contributed by atoms with E-state index in [2.05, 4.69) is 11.1 Å². The fourth-order valence-corrected chi connectivity index (χ4v) is 2.58. The summed E-state index contributed by atoms with van der Waals surface area (Å²) in [5.41, 5.74) is 0.932. The van der Waals surface area contributed by atoms with Crippen molar-refractivity contribution in [2.75, 3.05) is 0 Å². The molecule has 1 fully saturated rings. The average molecular weight is 250 g/mol. The monoisotopic (exact) mass is 250 g/mol. The number of hydrogen-bond acceptors (Lipinski definition) is 3. The summed E-state index contributed by atoms with van der Waals surface area (Å²) in [4.78, 5) is 4.58. The van der Waals surface area contributed by atoms with Gasteiger partial charge in [0.05, 0.1) is 22.1 Å². The first-order chi connectivity index (χ1) is 8.00. The van der Waals surface area contributed by atoms with Crippen LogP contribution in [0.5, 0.6) is 0 Å². The van der Waals surface area contributed by atoms with Crippen molar-refractivity contribution >= 4 is 11.1 Å². The highest BCUT2D eigenvalue weighted by molar-refractivity contribution is 7.79. The lowest BCUT2D eigenvalue weighted by Gasteiger charge is -2.12. The fraction of sp³-hybridized carbons (Fsp3) is 0.500. The number of aromatic nitrogens is 1. The lowest BCUT2D eigenvalue weighted by molar-refractivity contribution is 0.560. The van der Waals surface area contributed by atoms with Gasteiger partial charge in [-0.05, 0) is 30.4 Å². The van der Waals surface area contributed by atoms with E-state index >= 15 is 0 Å². The second-order valence-corrected chi connectivity index (χ2v) is 5.64. The minimum absolute atomic E-state index is 0.0902. The lowest BCUT2D eigenvalue weighted by atomic mass is 9.98. The van der Waals surface area contributed by atoms with Gasteiger partial charge in [0.25, 0.3) is 0 Å². The first kappa shape index (κ1) is 12.2. The SMILES string of the molecule is CC(C)c1ncc(C2(C#N)CC2)cc1S(=O)O.